The third-order valence-corrected chi connectivity index (χ3v) is 4.96. The van der Waals surface area contributed by atoms with Gasteiger partial charge in [0, 0.05) is 23.6 Å². The Balaban J connectivity index is 2.33. The molecule has 0 aliphatic heterocycles. The maximum atomic E-state index is 10.5. The fourth-order valence-electron chi connectivity index (χ4n) is 3.49. The Morgan fingerprint density at radius 1 is 1.08 bits per heavy atom. The Morgan fingerprint density at radius 2 is 1.76 bits per heavy atom. The van der Waals surface area contributed by atoms with Gasteiger partial charge in [-0.15, -0.1) is 6.58 Å². The monoisotopic (exact) mass is 337 g/mol. The zero-order valence-corrected chi connectivity index (χ0v) is 15.9. The van der Waals surface area contributed by atoms with E-state index in [4.69, 9.17) is 0 Å². The van der Waals surface area contributed by atoms with Gasteiger partial charge in [-0.3, -0.25) is 4.90 Å². The predicted molar refractivity (Wildman–Crippen MR) is 107 cm³/mol. The van der Waals surface area contributed by atoms with Crippen LogP contribution in [0.3, 0.4) is 0 Å². The molecule has 0 bridgehead atoms. The molecule has 2 rings (SSSR count). The highest BCUT2D eigenvalue weighted by molar-refractivity contribution is 5.43. The molecule has 0 saturated heterocycles. The van der Waals surface area contributed by atoms with Crippen molar-refractivity contribution >= 4 is 0 Å². The summed E-state index contributed by atoms with van der Waals surface area (Å²) in [6.07, 6.45) is 2.96. The van der Waals surface area contributed by atoms with E-state index in [1.807, 2.05) is 24.3 Å². The zero-order valence-electron chi connectivity index (χ0n) is 15.9. The van der Waals surface area contributed by atoms with Crippen LogP contribution in [0, 0.1) is 6.92 Å². The Hall–Kier alpha value is -2.06. The van der Waals surface area contributed by atoms with Crippen LogP contribution in [0.2, 0.25) is 0 Å². The second kappa shape index (κ2) is 8.87. The van der Waals surface area contributed by atoms with Gasteiger partial charge in [0.15, 0.2) is 0 Å². The lowest BCUT2D eigenvalue weighted by Crippen LogP contribution is -2.38. The molecule has 2 aromatic carbocycles. The minimum Gasteiger partial charge on any atom is -0.508 e. The van der Waals surface area contributed by atoms with Gasteiger partial charge in [0.05, 0.1) is 0 Å². The first-order valence-corrected chi connectivity index (χ1v) is 9.16. The molecule has 2 atom stereocenters. The van der Waals surface area contributed by atoms with E-state index in [-0.39, 0.29) is 5.92 Å². The minimum atomic E-state index is 0.180. The lowest BCUT2D eigenvalue weighted by Gasteiger charge is -2.32. The third-order valence-electron chi connectivity index (χ3n) is 4.96. The van der Waals surface area contributed by atoms with Crippen LogP contribution in [0.25, 0.3) is 0 Å². The second-order valence-electron chi connectivity index (χ2n) is 7.12. The summed E-state index contributed by atoms with van der Waals surface area (Å²) >= 11 is 0. The van der Waals surface area contributed by atoms with Gasteiger partial charge in [-0.1, -0.05) is 54.1 Å². The van der Waals surface area contributed by atoms with Crippen molar-refractivity contribution in [2.24, 2.45) is 0 Å². The Bertz CT molecular complexity index is 678. The van der Waals surface area contributed by atoms with E-state index in [0.29, 0.717) is 17.8 Å². The van der Waals surface area contributed by atoms with E-state index in [0.717, 1.165) is 18.5 Å². The standard InChI is InChI=1S/C23H31NO/c1-6-19(5)24(17(2)3)15-14-21(20-10-8-7-9-11-20)22-16-18(4)12-13-23(22)25/h6-13,16-17,19,21,25H,1,14-15H2,2-5H3. The van der Waals surface area contributed by atoms with E-state index in [2.05, 4.69) is 69.5 Å². The van der Waals surface area contributed by atoms with Crippen molar-refractivity contribution in [3.05, 3.63) is 77.9 Å². The van der Waals surface area contributed by atoms with Gasteiger partial charge in [-0.05, 0) is 52.3 Å². The van der Waals surface area contributed by atoms with Crippen molar-refractivity contribution in [2.45, 2.75) is 52.1 Å². The average molecular weight is 338 g/mol. The van der Waals surface area contributed by atoms with Crippen LogP contribution in [0.1, 0.15) is 49.8 Å². The molecule has 134 valence electrons. The molecular weight excluding hydrogens is 306 g/mol. The Labute approximate surface area is 152 Å². The maximum absolute atomic E-state index is 10.5. The Morgan fingerprint density at radius 3 is 2.36 bits per heavy atom. The van der Waals surface area contributed by atoms with Crippen LogP contribution in [-0.4, -0.2) is 28.6 Å². The van der Waals surface area contributed by atoms with Crippen molar-refractivity contribution in [3.8, 4) is 5.75 Å². The number of aryl methyl sites for hydroxylation is 1. The third kappa shape index (κ3) is 4.96. The molecule has 0 fully saturated rings. The summed E-state index contributed by atoms with van der Waals surface area (Å²) in [4.78, 5) is 2.45. The molecule has 2 unspecified atom stereocenters. The van der Waals surface area contributed by atoms with E-state index < -0.39 is 0 Å². The topological polar surface area (TPSA) is 23.5 Å². The normalized spacial score (nSPS) is 13.8. The van der Waals surface area contributed by atoms with Gasteiger partial charge in [-0.2, -0.15) is 0 Å². The molecule has 25 heavy (non-hydrogen) atoms. The second-order valence-corrected chi connectivity index (χ2v) is 7.12. The molecular formula is C23H31NO. The lowest BCUT2D eigenvalue weighted by molar-refractivity contribution is 0.187. The summed E-state index contributed by atoms with van der Waals surface area (Å²) in [5, 5.41) is 10.5. The van der Waals surface area contributed by atoms with Crippen LogP contribution in [0.5, 0.6) is 5.75 Å². The molecule has 1 N–H and O–H groups in total. The average Bonchev–Trinajstić information content (AvgIpc) is 2.61. The number of hydrogen-bond acceptors (Lipinski definition) is 2. The lowest BCUT2D eigenvalue weighted by atomic mass is 9.86. The van der Waals surface area contributed by atoms with Gasteiger partial charge in [-0.25, -0.2) is 0 Å². The molecule has 0 spiro atoms. The number of phenolic OH excluding ortho intramolecular Hbond substituents is 1. The van der Waals surface area contributed by atoms with Crippen LogP contribution >= 0.6 is 0 Å². The quantitative estimate of drug-likeness (QED) is 0.642. The van der Waals surface area contributed by atoms with Crippen molar-refractivity contribution in [3.63, 3.8) is 0 Å². The summed E-state index contributed by atoms with van der Waals surface area (Å²) < 4.78 is 0. The van der Waals surface area contributed by atoms with Crippen molar-refractivity contribution in [1.29, 1.82) is 0 Å². The smallest absolute Gasteiger partial charge is 0.119 e. The SMILES string of the molecule is C=CC(C)N(CCC(c1ccccc1)c1cc(C)ccc1O)C(C)C. The molecule has 0 aliphatic rings. The molecule has 2 heteroatoms. The maximum Gasteiger partial charge on any atom is 0.119 e. The van der Waals surface area contributed by atoms with Crippen LogP contribution in [-0.2, 0) is 0 Å². The van der Waals surface area contributed by atoms with E-state index in [1.54, 1.807) is 0 Å². The summed E-state index contributed by atoms with van der Waals surface area (Å²) in [5.74, 6) is 0.562. The van der Waals surface area contributed by atoms with Crippen molar-refractivity contribution < 1.29 is 5.11 Å². The molecule has 2 nitrogen and oxygen atoms in total. The molecule has 0 aliphatic carbocycles. The van der Waals surface area contributed by atoms with E-state index in [1.165, 1.54) is 11.1 Å². The van der Waals surface area contributed by atoms with E-state index >= 15 is 0 Å². The van der Waals surface area contributed by atoms with Gasteiger partial charge < -0.3 is 5.11 Å². The highest BCUT2D eigenvalue weighted by Gasteiger charge is 2.21. The highest BCUT2D eigenvalue weighted by Crippen LogP contribution is 2.35. The largest absolute Gasteiger partial charge is 0.508 e. The minimum absolute atomic E-state index is 0.180. The summed E-state index contributed by atoms with van der Waals surface area (Å²) in [5.41, 5.74) is 3.44. The first-order chi connectivity index (χ1) is 11.9. The van der Waals surface area contributed by atoms with Gasteiger partial charge in [0.1, 0.15) is 5.75 Å². The number of rotatable bonds is 8. The van der Waals surface area contributed by atoms with Crippen molar-refractivity contribution in [2.75, 3.05) is 6.54 Å². The van der Waals surface area contributed by atoms with Gasteiger partial charge >= 0.3 is 0 Å². The fraction of sp³-hybridized carbons (Fsp3) is 0.391. The number of benzene rings is 2. The number of aromatic hydroxyl groups is 1. The van der Waals surface area contributed by atoms with Crippen LogP contribution in [0.4, 0.5) is 0 Å². The van der Waals surface area contributed by atoms with Crippen LogP contribution in [0.15, 0.2) is 61.2 Å². The molecule has 0 radical (unpaired) electrons. The molecule has 0 aromatic heterocycles. The van der Waals surface area contributed by atoms with Crippen molar-refractivity contribution in [1.82, 2.24) is 4.90 Å². The highest BCUT2D eigenvalue weighted by atomic mass is 16.3. The first kappa shape index (κ1) is 19.3. The fourth-order valence-corrected chi connectivity index (χ4v) is 3.49. The first-order valence-electron chi connectivity index (χ1n) is 9.16. The predicted octanol–water partition coefficient (Wildman–Crippen LogP) is 5.51. The van der Waals surface area contributed by atoms with Crippen LogP contribution < -0.4 is 0 Å². The molecule has 2 aromatic rings. The molecule has 0 amide bonds. The Kier molecular flexibility index (Phi) is 6.83. The molecule has 0 saturated carbocycles. The number of hydrogen-bond donors (Lipinski definition) is 1. The molecule has 0 heterocycles. The zero-order chi connectivity index (χ0) is 18.4. The summed E-state index contributed by atoms with van der Waals surface area (Å²) in [6, 6.07) is 17.2. The van der Waals surface area contributed by atoms with Gasteiger partial charge in [0.2, 0.25) is 0 Å². The number of phenols is 1. The summed E-state index contributed by atoms with van der Waals surface area (Å²) in [6.45, 7) is 13.6. The summed E-state index contributed by atoms with van der Waals surface area (Å²) in [7, 11) is 0. The number of nitrogens with zero attached hydrogens (tertiary/aromatic N) is 1. The van der Waals surface area contributed by atoms with Gasteiger partial charge in [0.25, 0.3) is 0 Å². The van der Waals surface area contributed by atoms with E-state index in [9.17, 15) is 5.11 Å².